The van der Waals surface area contributed by atoms with Crippen molar-refractivity contribution in [3.05, 3.63) is 36.0 Å². The molecule has 2 heterocycles. The summed E-state index contributed by atoms with van der Waals surface area (Å²) in [4.78, 5) is 28.7. The zero-order chi connectivity index (χ0) is 22.4. The summed E-state index contributed by atoms with van der Waals surface area (Å²) in [5.74, 6) is 2.08. The van der Waals surface area contributed by atoms with Crippen molar-refractivity contribution in [1.29, 1.82) is 0 Å². The van der Waals surface area contributed by atoms with E-state index in [0.717, 1.165) is 38.5 Å². The molecule has 32 heavy (non-hydrogen) atoms. The van der Waals surface area contributed by atoms with Crippen molar-refractivity contribution in [2.75, 3.05) is 13.2 Å². The van der Waals surface area contributed by atoms with Crippen LogP contribution in [0.15, 0.2) is 28.8 Å². The van der Waals surface area contributed by atoms with Crippen LogP contribution in [0, 0.1) is 0 Å². The number of carbonyl (C=O) groups is 2. The number of nitrogens with one attached hydrogen (secondary N) is 2. The highest BCUT2D eigenvalue weighted by Gasteiger charge is 2.38. The molecule has 1 fully saturated rings. The first kappa shape index (κ1) is 22.1. The predicted molar refractivity (Wildman–Crippen MR) is 115 cm³/mol. The van der Waals surface area contributed by atoms with Crippen molar-refractivity contribution in [2.45, 2.75) is 69.9 Å². The van der Waals surface area contributed by atoms with Gasteiger partial charge in [-0.25, -0.2) is 0 Å². The Balaban J connectivity index is 1.28. The highest BCUT2D eigenvalue weighted by molar-refractivity contribution is 5.76. The first-order valence-corrected chi connectivity index (χ1v) is 11.3. The smallest absolute Gasteiger partial charge is 0.227 e. The summed E-state index contributed by atoms with van der Waals surface area (Å²) in [7, 11) is 0. The van der Waals surface area contributed by atoms with Crippen LogP contribution in [0.25, 0.3) is 0 Å². The van der Waals surface area contributed by atoms with Gasteiger partial charge in [0.2, 0.25) is 17.7 Å². The summed E-state index contributed by atoms with van der Waals surface area (Å²) in [6, 6.07) is 7.47. The summed E-state index contributed by atoms with van der Waals surface area (Å²) in [5, 5.41) is 10.1. The van der Waals surface area contributed by atoms with Gasteiger partial charge in [0.15, 0.2) is 17.3 Å². The highest BCUT2D eigenvalue weighted by atomic mass is 16.6. The molecule has 1 unspecified atom stereocenters. The van der Waals surface area contributed by atoms with E-state index in [1.165, 1.54) is 6.92 Å². The number of ether oxygens (including phenoxy) is 2. The third-order valence-electron chi connectivity index (χ3n) is 5.93. The molecule has 2 aromatic rings. The largest absolute Gasteiger partial charge is 0.486 e. The lowest BCUT2D eigenvalue weighted by Gasteiger charge is -2.30. The maximum atomic E-state index is 12.3. The molecule has 1 aliphatic carbocycles. The van der Waals surface area contributed by atoms with Crippen molar-refractivity contribution in [2.24, 2.45) is 0 Å². The Morgan fingerprint density at radius 1 is 1.12 bits per heavy atom. The van der Waals surface area contributed by atoms with Crippen LogP contribution >= 0.6 is 0 Å². The van der Waals surface area contributed by atoms with E-state index >= 15 is 0 Å². The van der Waals surface area contributed by atoms with Crippen molar-refractivity contribution in [3.8, 4) is 11.5 Å². The van der Waals surface area contributed by atoms with E-state index in [0.29, 0.717) is 42.8 Å². The van der Waals surface area contributed by atoms with Crippen LogP contribution in [0.5, 0.6) is 11.5 Å². The number of hydrogen-bond acceptors (Lipinski definition) is 7. The van der Waals surface area contributed by atoms with Crippen LogP contribution in [0.2, 0.25) is 0 Å². The van der Waals surface area contributed by atoms with E-state index in [1.54, 1.807) is 0 Å². The summed E-state index contributed by atoms with van der Waals surface area (Å²) in [6.45, 7) is 2.25. The Kier molecular flexibility index (Phi) is 6.92. The molecule has 0 radical (unpaired) electrons. The lowest BCUT2D eigenvalue weighted by molar-refractivity contribution is -0.122. The number of rotatable bonds is 7. The van der Waals surface area contributed by atoms with Crippen LogP contribution in [0.1, 0.15) is 63.6 Å². The number of aryl methyl sites for hydroxylation is 1. The maximum absolute atomic E-state index is 12.3. The monoisotopic (exact) mass is 442 g/mol. The lowest BCUT2D eigenvalue weighted by atomic mass is 9.89. The number of hydrogen-bond donors (Lipinski definition) is 2. The van der Waals surface area contributed by atoms with Crippen molar-refractivity contribution >= 4 is 11.8 Å². The van der Waals surface area contributed by atoms with Gasteiger partial charge in [-0.15, -0.1) is 0 Å². The summed E-state index contributed by atoms with van der Waals surface area (Å²) >= 11 is 0. The summed E-state index contributed by atoms with van der Waals surface area (Å²) in [6.07, 6.45) is 6.17. The van der Waals surface area contributed by atoms with Crippen molar-refractivity contribution in [3.63, 3.8) is 0 Å². The van der Waals surface area contributed by atoms with E-state index in [9.17, 15) is 9.59 Å². The fraction of sp³-hybridized carbons (Fsp3) is 0.565. The highest BCUT2D eigenvalue weighted by Crippen LogP contribution is 2.34. The van der Waals surface area contributed by atoms with E-state index in [-0.39, 0.29) is 24.3 Å². The topological polar surface area (TPSA) is 116 Å². The second-order valence-corrected chi connectivity index (χ2v) is 8.49. The molecule has 1 atom stereocenters. The number of benzene rings is 1. The first-order valence-electron chi connectivity index (χ1n) is 11.3. The predicted octanol–water partition coefficient (Wildman–Crippen LogP) is 2.64. The van der Waals surface area contributed by atoms with E-state index < -0.39 is 5.54 Å². The van der Waals surface area contributed by atoms with Crippen LogP contribution in [0.4, 0.5) is 0 Å². The minimum absolute atomic E-state index is 0.103. The van der Waals surface area contributed by atoms with Crippen LogP contribution < -0.4 is 20.1 Å². The SMILES string of the molecule is CC(=O)NC1(c2noc(CCC(=O)NCC3COc4ccccc4O3)n2)CCCCCC1. The third kappa shape index (κ3) is 5.38. The first-order chi connectivity index (χ1) is 15.5. The zero-order valence-electron chi connectivity index (χ0n) is 18.4. The van der Waals surface area contributed by atoms with E-state index in [4.69, 9.17) is 14.0 Å². The Hall–Kier alpha value is -3.10. The van der Waals surface area contributed by atoms with Gasteiger partial charge in [-0.2, -0.15) is 4.98 Å². The molecular weight excluding hydrogens is 412 g/mol. The van der Waals surface area contributed by atoms with Gasteiger partial charge in [-0.1, -0.05) is 43.0 Å². The molecule has 172 valence electrons. The van der Waals surface area contributed by atoms with Crippen LogP contribution in [0.3, 0.4) is 0 Å². The Bertz CT molecular complexity index is 936. The van der Waals surface area contributed by atoms with Crippen LogP contribution in [-0.2, 0) is 21.5 Å². The third-order valence-corrected chi connectivity index (χ3v) is 5.93. The molecule has 2 N–H and O–H groups in total. The van der Waals surface area contributed by atoms with Gasteiger partial charge in [-0.3, -0.25) is 9.59 Å². The van der Waals surface area contributed by atoms with Gasteiger partial charge in [0.25, 0.3) is 0 Å². The molecule has 9 nitrogen and oxygen atoms in total. The van der Waals surface area contributed by atoms with Gasteiger partial charge in [0.05, 0.1) is 6.54 Å². The fourth-order valence-corrected chi connectivity index (χ4v) is 4.32. The van der Waals surface area contributed by atoms with E-state index in [1.807, 2.05) is 24.3 Å². The van der Waals surface area contributed by atoms with Gasteiger partial charge < -0.3 is 24.6 Å². The molecule has 2 amide bonds. The fourth-order valence-electron chi connectivity index (χ4n) is 4.32. The Morgan fingerprint density at radius 2 is 1.88 bits per heavy atom. The second kappa shape index (κ2) is 10.0. The number of nitrogens with zero attached hydrogens (tertiary/aromatic N) is 2. The molecule has 1 aromatic heterocycles. The van der Waals surface area contributed by atoms with Gasteiger partial charge in [-0.05, 0) is 25.0 Å². The molecule has 1 aromatic carbocycles. The van der Waals surface area contributed by atoms with Gasteiger partial charge in [0, 0.05) is 19.8 Å². The molecule has 1 saturated carbocycles. The molecule has 1 aliphatic heterocycles. The maximum Gasteiger partial charge on any atom is 0.227 e. The van der Waals surface area contributed by atoms with E-state index in [2.05, 4.69) is 20.8 Å². The minimum atomic E-state index is -0.582. The number of aromatic nitrogens is 2. The molecule has 0 spiro atoms. The molecule has 0 bridgehead atoms. The standard InChI is InChI=1S/C23H30N4O5/c1-16(28)26-23(12-6-2-3-7-13-23)22-25-21(32-27-22)11-10-20(29)24-14-17-15-30-18-8-4-5-9-19(18)31-17/h4-5,8-9,17H,2-3,6-7,10-15H2,1H3,(H,24,29)(H,26,28). The molecule has 4 rings (SSSR count). The normalized spacial score (nSPS) is 19.6. The lowest BCUT2D eigenvalue weighted by Crippen LogP contribution is -2.45. The minimum Gasteiger partial charge on any atom is -0.486 e. The summed E-state index contributed by atoms with van der Waals surface area (Å²) < 4.78 is 16.9. The average Bonchev–Trinajstić information content (AvgIpc) is 3.16. The number of para-hydroxylation sites is 2. The zero-order valence-corrected chi connectivity index (χ0v) is 18.4. The van der Waals surface area contributed by atoms with Gasteiger partial charge >= 0.3 is 0 Å². The number of amides is 2. The molecule has 2 aliphatic rings. The molecule has 0 saturated heterocycles. The number of fused-ring (bicyclic) bond motifs is 1. The average molecular weight is 443 g/mol. The van der Waals surface area contributed by atoms with Crippen molar-refractivity contribution < 1.29 is 23.6 Å². The second-order valence-electron chi connectivity index (χ2n) is 8.49. The number of carbonyl (C=O) groups excluding carboxylic acids is 2. The summed E-state index contributed by atoms with van der Waals surface area (Å²) in [5.41, 5.74) is -0.582. The Morgan fingerprint density at radius 3 is 2.62 bits per heavy atom. The van der Waals surface area contributed by atoms with Crippen LogP contribution in [-0.4, -0.2) is 41.2 Å². The molecular formula is C23H30N4O5. The van der Waals surface area contributed by atoms with Crippen molar-refractivity contribution in [1.82, 2.24) is 20.8 Å². The molecule has 9 heteroatoms. The van der Waals surface area contributed by atoms with Gasteiger partial charge in [0.1, 0.15) is 18.2 Å². The quantitative estimate of drug-likeness (QED) is 0.633. The Labute approximate surface area is 187 Å².